The maximum absolute atomic E-state index is 11.5. The fourth-order valence-electron chi connectivity index (χ4n) is 1.45. The summed E-state index contributed by atoms with van der Waals surface area (Å²) >= 11 is 0. The molecule has 12 heavy (non-hydrogen) atoms. The van der Waals surface area contributed by atoms with E-state index in [2.05, 4.69) is 6.58 Å². The molecule has 66 valence electrons. The third-order valence-corrected chi connectivity index (χ3v) is 2.61. The number of nitrogens with zero attached hydrogens (tertiary/aromatic N) is 1. The number of likely N-dealkylation sites (N-methyl/N-ethyl adjacent to an activating group) is 1. The number of carbonyl (C=O) groups is 2. The van der Waals surface area contributed by atoms with Gasteiger partial charge in [0.05, 0.1) is 0 Å². The van der Waals surface area contributed by atoms with E-state index in [1.165, 1.54) is 11.8 Å². The van der Waals surface area contributed by atoms with Crippen LogP contribution in [-0.2, 0) is 9.59 Å². The van der Waals surface area contributed by atoms with Crippen molar-refractivity contribution < 1.29 is 9.59 Å². The summed E-state index contributed by atoms with van der Waals surface area (Å²) < 4.78 is 0. The van der Waals surface area contributed by atoms with Crippen LogP contribution in [0.4, 0.5) is 0 Å². The van der Waals surface area contributed by atoms with E-state index in [9.17, 15) is 9.59 Å². The SMILES string of the molecule is C=C1CN(C)C(=O)[C@@]1(C)C(C)=O. The third kappa shape index (κ3) is 0.891. The number of hydrogen-bond donors (Lipinski definition) is 0. The Morgan fingerprint density at radius 3 is 2.33 bits per heavy atom. The summed E-state index contributed by atoms with van der Waals surface area (Å²) in [5.41, 5.74) is -0.267. The highest BCUT2D eigenvalue weighted by Gasteiger charge is 2.47. The maximum atomic E-state index is 11.5. The average Bonchev–Trinajstić information content (AvgIpc) is 2.16. The van der Waals surface area contributed by atoms with Gasteiger partial charge in [-0.15, -0.1) is 0 Å². The number of ketones is 1. The highest BCUT2D eigenvalue weighted by Crippen LogP contribution is 2.35. The maximum Gasteiger partial charge on any atom is 0.240 e. The number of likely N-dealkylation sites (tertiary alicyclic amines) is 1. The first-order valence-electron chi connectivity index (χ1n) is 3.85. The van der Waals surface area contributed by atoms with Gasteiger partial charge in [0.2, 0.25) is 5.91 Å². The molecule has 3 nitrogen and oxygen atoms in total. The summed E-state index contributed by atoms with van der Waals surface area (Å²) in [7, 11) is 1.68. The Labute approximate surface area is 72.0 Å². The molecule has 3 heteroatoms. The van der Waals surface area contributed by atoms with Crippen LogP contribution in [0, 0.1) is 5.41 Å². The Kier molecular flexibility index (Phi) is 1.82. The lowest BCUT2D eigenvalue weighted by Crippen LogP contribution is -2.35. The Morgan fingerprint density at radius 2 is 2.17 bits per heavy atom. The Bertz CT molecular complexity index is 270. The van der Waals surface area contributed by atoms with E-state index in [-0.39, 0.29) is 11.7 Å². The fourth-order valence-corrected chi connectivity index (χ4v) is 1.45. The molecule has 0 radical (unpaired) electrons. The molecule has 0 aromatic heterocycles. The summed E-state index contributed by atoms with van der Waals surface area (Å²) in [4.78, 5) is 24.3. The smallest absolute Gasteiger partial charge is 0.240 e. The van der Waals surface area contributed by atoms with Crippen LogP contribution in [0.3, 0.4) is 0 Å². The van der Waals surface area contributed by atoms with Crippen molar-refractivity contribution in [2.45, 2.75) is 13.8 Å². The topological polar surface area (TPSA) is 37.4 Å². The van der Waals surface area contributed by atoms with Crippen LogP contribution >= 0.6 is 0 Å². The zero-order valence-electron chi connectivity index (χ0n) is 7.68. The molecule has 1 heterocycles. The molecule has 0 saturated carbocycles. The van der Waals surface area contributed by atoms with Gasteiger partial charge in [-0.2, -0.15) is 0 Å². The lowest BCUT2D eigenvalue weighted by molar-refractivity contribution is -0.140. The van der Waals surface area contributed by atoms with Crippen molar-refractivity contribution >= 4 is 11.7 Å². The Balaban J connectivity index is 3.13. The molecule has 1 atom stereocenters. The van der Waals surface area contributed by atoms with Gasteiger partial charge in [-0.25, -0.2) is 0 Å². The minimum absolute atomic E-state index is 0.123. The van der Waals surface area contributed by atoms with Crippen molar-refractivity contribution in [3.05, 3.63) is 12.2 Å². The highest BCUT2D eigenvalue weighted by atomic mass is 16.2. The van der Waals surface area contributed by atoms with Crippen molar-refractivity contribution in [2.24, 2.45) is 5.41 Å². The van der Waals surface area contributed by atoms with Crippen LogP contribution in [0.25, 0.3) is 0 Å². The van der Waals surface area contributed by atoms with Crippen molar-refractivity contribution in [3.63, 3.8) is 0 Å². The van der Waals surface area contributed by atoms with Crippen LogP contribution in [0.1, 0.15) is 13.8 Å². The van der Waals surface area contributed by atoms with Gasteiger partial charge in [0, 0.05) is 13.6 Å². The second-order valence-electron chi connectivity index (χ2n) is 3.45. The minimum Gasteiger partial charge on any atom is -0.341 e. The van der Waals surface area contributed by atoms with Gasteiger partial charge in [0.1, 0.15) is 11.2 Å². The second kappa shape index (κ2) is 2.44. The first-order chi connectivity index (χ1) is 5.40. The molecule has 0 N–H and O–H groups in total. The monoisotopic (exact) mass is 167 g/mol. The summed E-state index contributed by atoms with van der Waals surface area (Å²) in [6, 6.07) is 0. The fraction of sp³-hybridized carbons (Fsp3) is 0.556. The molecular weight excluding hydrogens is 154 g/mol. The standard InChI is InChI=1S/C9H13NO2/c1-6-5-10(4)8(12)9(6,3)7(2)11/h1,5H2,2-4H3/t9-/m1/s1. The van der Waals surface area contributed by atoms with Crippen LogP contribution in [0.2, 0.25) is 0 Å². The minimum atomic E-state index is -0.964. The first kappa shape index (κ1) is 8.97. The number of hydrogen-bond acceptors (Lipinski definition) is 2. The van der Waals surface area contributed by atoms with Crippen LogP contribution < -0.4 is 0 Å². The van der Waals surface area contributed by atoms with E-state index in [0.717, 1.165) is 0 Å². The van der Waals surface area contributed by atoms with Crippen LogP contribution in [0.15, 0.2) is 12.2 Å². The number of carbonyl (C=O) groups excluding carboxylic acids is 2. The van der Waals surface area contributed by atoms with E-state index in [1.807, 2.05) is 0 Å². The molecule has 0 bridgehead atoms. The van der Waals surface area contributed by atoms with Gasteiger partial charge in [0.25, 0.3) is 0 Å². The summed E-state index contributed by atoms with van der Waals surface area (Å²) in [5.74, 6) is -0.262. The molecule has 1 aliphatic heterocycles. The Hall–Kier alpha value is -1.12. The predicted molar refractivity (Wildman–Crippen MR) is 45.6 cm³/mol. The molecule has 0 aliphatic carbocycles. The molecule has 0 aromatic carbocycles. The molecule has 1 fully saturated rings. The van der Waals surface area contributed by atoms with Crippen molar-refractivity contribution in [3.8, 4) is 0 Å². The van der Waals surface area contributed by atoms with Gasteiger partial charge < -0.3 is 4.90 Å². The Morgan fingerprint density at radius 1 is 1.67 bits per heavy atom. The molecule has 0 aromatic rings. The molecule has 0 unspecified atom stereocenters. The zero-order chi connectivity index (χ0) is 9.52. The van der Waals surface area contributed by atoms with E-state index >= 15 is 0 Å². The van der Waals surface area contributed by atoms with Gasteiger partial charge in [-0.1, -0.05) is 6.58 Å². The quantitative estimate of drug-likeness (QED) is 0.424. The number of rotatable bonds is 1. The van der Waals surface area contributed by atoms with Crippen LogP contribution in [0.5, 0.6) is 0 Å². The van der Waals surface area contributed by atoms with E-state index < -0.39 is 5.41 Å². The zero-order valence-corrected chi connectivity index (χ0v) is 7.68. The summed E-state index contributed by atoms with van der Waals surface area (Å²) in [6.07, 6.45) is 0. The average molecular weight is 167 g/mol. The molecule has 1 saturated heterocycles. The highest BCUT2D eigenvalue weighted by molar-refractivity contribution is 6.09. The predicted octanol–water partition coefficient (Wildman–Crippen LogP) is 0.610. The molecule has 0 spiro atoms. The summed E-state index contributed by atoms with van der Waals surface area (Å²) in [6.45, 7) is 7.32. The second-order valence-corrected chi connectivity index (χ2v) is 3.45. The lowest BCUT2D eigenvalue weighted by Gasteiger charge is -2.18. The van der Waals surface area contributed by atoms with Crippen molar-refractivity contribution in [2.75, 3.05) is 13.6 Å². The number of amides is 1. The molecular formula is C9H13NO2. The lowest BCUT2D eigenvalue weighted by atomic mass is 9.81. The van der Waals surface area contributed by atoms with Gasteiger partial charge in [0.15, 0.2) is 0 Å². The molecule has 1 rings (SSSR count). The molecule has 1 amide bonds. The van der Waals surface area contributed by atoms with Gasteiger partial charge in [-0.05, 0) is 19.4 Å². The van der Waals surface area contributed by atoms with E-state index in [0.29, 0.717) is 12.1 Å². The van der Waals surface area contributed by atoms with Crippen molar-refractivity contribution in [1.82, 2.24) is 4.90 Å². The van der Waals surface area contributed by atoms with Crippen LogP contribution in [-0.4, -0.2) is 30.2 Å². The first-order valence-corrected chi connectivity index (χ1v) is 3.85. The summed E-state index contributed by atoms with van der Waals surface area (Å²) in [5, 5.41) is 0. The largest absolute Gasteiger partial charge is 0.341 e. The van der Waals surface area contributed by atoms with E-state index in [4.69, 9.17) is 0 Å². The molecule has 1 aliphatic rings. The van der Waals surface area contributed by atoms with E-state index in [1.54, 1.807) is 14.0 Å². The van der Waals surface area contributed by atoms with Gasteiger partial charge >= 0.3 is 0 Å². The van der Waals surface area contributed by atoms with Gasteiger partial charge in [-0.3, -0.25) is 9.59 Å². The number of Topliss-reactive ketones (excluding diaryl/α,β-unsaturated/α-hetero) is 1. The normalized spacial score (nSPS) is 29.8. The third-order valence-electron chi connectivity index (χ3n) is 2.61. The van der Waals surface area contributed by atoms with Crippen molar-refractivity contribution in [1.29, 1.82) is 0 Å².